The van der Waals surface area contributed by atoms with E-state index in [0.717, 1.165) is 0 Å². The molecule has 2 aliphatic rings. The monoisotopic (exact) mass is 212 g/mol. The van der Waals surface area contributed by atoms with Gasteiger partial charge in [0.2, 0.25) is 11.6 Å². The molecule has 78 valence electrons. The number of ketones is 2. The molecule has 1 aromatic rings. The quantitative estimate of drug-likeness (QED) is 0.651. The molecule has 1 spiro atoms. The van der Waals surface area contributed by atoms with Crippen molar-refractivity contribution in [2.24, 2.45) is 4.99 Å². The fourth-order valence-corrected chi connectivity index (χ4v) is 2.02. The highest BCUT2D eigenvalue weighted by Gasteiger charge is 2.53. The maximum atomic E-state index is 12.2. The summed E-state index contributed by atoms with van der Waals surface area (Å²) in [6.07, 6.45) is 4.68. The number of nitrogens with zero attached hydrogens (tertiary/aromatic N) is 1. The van der Waals surface area contributed by atoms with Gasteiger partial charge in [0.1, 0.15) is 0 Å². The molecule has 0 unspecified atom stereocenters. The minimum Gasteiger partial charge on any atom is -0.354 e. The highest BCUT2D eigenvalue weighted by molar-refractivity contribution is 6.33. The third kappa shape index (κ3) is 0.908. The van der Waals surface area contributed by atoms with E-state index in [9.17, 15) is 9.59 Å². The smallest absolute Gasteiger partial charge is 0.257 e. The van der Waals surface area contributed by atoms with Gasteiger partial charge < -0.3 is 5.32 Å². The molecule has 0 atom stereocenters. The lowest BCUT2D eigenvalue weighted by molar-refractivity contribution is 0.0781. The zero-order valence-corrected chi connectivity index (χ0v) is 8.31. The predicted molar refractivity (Wildman–Crippen MR) is 58.6 cm³/mol. The van der Waals surface area contributed by atoms with Crippen LogP contribution in [-0.2, 0) is 0 Å². The van der Waals surface area contributed by atoms with Crippen LogP contribution in [0.2, 0.25) is 0 Å². The molecule has 0 aromatic heterocycles. The molecule has 4 nitrogen and oxygen atoms in total. The van der Waals surface area contributed by atoms with Crippen molar-refractivity contribution in [3.63, 3.8) is 0 Å². The lowest BCUT2D eigenvalue weighted by Crippen LogP contribution is -2.51. The summed E-state index contributed by atoms with van der Waals surface area (Å²) >= 11 is 0. The molecule has 1 N–H and O–H groups in total. The molecule has 16 heavy (non-hydrogen) atoms. The highest BCUT2D eigenvalue weighted by atomic mass is 16.2. The van der Waals surface area contributed by atoms with Gasteiger partial charge in [0.05, 0.1) is 0 Å². The second kappa shape index (κ2) is 2.88. The van der Waals surface area contributed by atoms with E-state index >= 15 is 0 Å². The highest BCUT2D eigenvalue weighted by Crippen LogP contribution is 2.31. The lowest BCUT2D eigenvalue weighted by atomic mass is 10.0. The van der Waals surface area contributed by atoms with E-state index in [1.54, 1.807) is 36.5 Å². The molecule has 1 aliphatic heterocycles. The molecule has 0 amide bonds. The van der Waals surface area contributed by atoms with Gasteiger partial charge in [-0.05, 0) is 6.08 Å². The van der Waals surface area contributed by atoms with Crippen LogP contribution in [0.5, 0.6) is 0 Å². The standard InChI is InChI=1S/C12H8N2O2/c15-10-8-4-1-2-5-9(8)11(16)12(10)13-6-3-7-14-12/h1-7,13H. The Labute approximate surface area is 91.7 Å². The normalized spacial score (nSPS) is 20.0. The maximum absolute atomic E-state index is 12.2. The van der Waals surface area contributed by atoms with Crippen molar-refractivity contribution in [3.8, 4) is 0 Å². The Morgan fingerprint density at radius 1 is 1.06 bits per heavy atom. The van der Waals surface area contributed by atoms with Crippen LogP contribution in [0.3, 0.4) is 0 Å². The summed E-state index contributed by atoms with van der Waals surface area (Å²) in [5.74, 6) is -0.567. The number of rotatable bonds is 0. The Hall–Kier alpha value is -2.23. The molecule has 0 saturated carbocycles. The van der Waals surface area contributed by atoms with E-state index in [1.165, 1.54) is 6.21 Å². The van der Waals surface area contributed by atoms with Gasteiger partial charge in [-0.3, -0.25) is 9.59 Å². The van der Waals surface area contributed by atoms with Crippen LogP contribution in [0.25, 0.3) is 0 Å². The van der Waals surface area contributed by atoms with Crippen molar-refractivity contribution in [2.75, 3.05) is 0 Å². The Bertz CT molecular complexity index is 523. The Morgan fingerprint density at radius 3 is 2.19 bits per heavy atom. The summed E-state index contributed by atoms with van der Waals surface area (Å²) in [6.45, 7) is 0. The molecule has 3 rings (SSSR count). The number of nitrogens with one attached hydrogen (secondary N) is 1. The van der Waals surface area contributed by atoms with E-state index in [0.29, 0.717) is 11.1 Å². The summed E-state index contributed by atoms with van der Waals surface area (Å²) in [5.41, 5.74) is -0.571. The SMILES string of the molecule is O=C1c2ccccc2C(=O)C12N=CC=CN2. The molecular weight excluding hydrogens is 204 g/mol. The number of benzene rings is 1. The number of aliphatic imine (C=N–C) groups is 1. The van der Waals surface area contributed by atoms with Gasteiger partial charge in [0, 0.05) is 23.5 Å². The van der Waals surface area contributed by atoms with Crippen molar-refractivity contribution in [2.45, 2.75) is 5.66 Å². The number of carbonyl (C=O) groups excluding carboxylic acids is 2. The number of hydrogen-bond acceptors (Lipinski definition) is 4. The van der Waals surface area contributed by atoms with Gasteiger partial charge in [-0.2, -0.15) is 0 Å². The summed E-state index contributed by atoms with van der Waals surface area (Å²) in [7, 11) is 0. The summed E-state index contributed by atoms with van der Waals surface area (Å²) < 4.78 is 0. The Balaban J connectivity index is 2.22. The zero-order valence-electron chi connectivity index (χ0n) is 8.31. The van der Waals surface area contributed by atoms with E-state index in [1.807, 2.05) is 0 Å². The molecule has 0 radical (unpaired) electrons. The minimum absolute atomic E-state index is 0.284. The fourth-order valence-electron chi connectivity index (χ4n) is 2.02. The van der Waals surface area contributed by atoms with Gasteiger partial charge in [-0.25, -0.2) is 4.99 Å². The van der Waals surface area contributed by atoms with Crippen LogP contribution >= 0.6 is 0 Å². The van der Waals surface area contributed by atoms with Crippen molar-refractivity contribution in [3.05, 3.63) is 47.7 Å². The first-order valence-corrected chi connectivity index (χ1v) is 4.92. The molecular formula is C12H8N2O2. The van der Waals surface area contributed by atoms with E-state index < -0.39 is 5.66 Å². The molecule has 1 heterocycles. The second-order valence-corrected chi connectivity index (χ2v) is 3.70. The van der Waals surface area contributed by atoms with Crippen molar-refractivity contribution >= 4 is 17.8 Å². The molecule has 0 fully saturated rings. The van der Waals surface area contributed by atoms with E-state index in [2.05, 4.69) is 10.3 Å². The number of hydrogen-bond donors (Lipinski definition) is 1. The summed E-state index contributed by atoms with van der Waals surface area (Å²) in [6, 6.07) is 6.79. The molecule has 1 aromatic carbocycles. The number of Topliss-reactive ketones (excluding diaryl/α,β-unsaturated/α-hetero) is 2. The third-order valence-corrected chi connectivity index (χ3v) is 2.82. The Kier molecular flexibility index (Phi) is 1.63. The van der Waals surface area contributed by atoms with Crippen LogP contribution in [0, 0.1) is 0 Å². The van der Waals surface area contributed by atoms with Crippen molar-refractivity contribution in [1.82, 2.24) is 5.32 Å². The van der Waals surface area contributed by atoms with Gasteiger partial charge >= 0.3 is 0 Å². The van der Waals surface area contributed by atoms with Crippen LogP contribution < -0.4 is 5.32 Å². The predicted octanol–water partition coefficient (Wildman–Crippen LogP) is 0.950. The van der Waals surface area contributed by atoms with Crippen LogP contribution in [0.1, 0.15) is 20.7 Å². The maximum Gasteiger partial charge on any atom is 0.257 e. The lowest BCUT2D eigenvalue weighted by Gasteiger charge is -2.23. The Morgan fingerprint density at radius 2 is 1.69 bits per heavy atom. The summed E-state index contributed by atoms with van der Waals surface area (Å²) in [4.78, 5) is 28.3. The van der Waals surface area contributed by atoms with Crippen molar-refractivity contribution < 1.29 is 9.59 Å². The number of carbonyl (C=O) groups is 2. The first-order chi connectivity index (χ1) is 7.76. The number of fused-ring (bicyclic) bond motifs is 1. The van der Waals surface area contributed by atoms with E-state index in [4.69, 9.17) is 0 Å². The van der Waals surface area contributed by atoms with Gasteiger partial charge in [0.25, 0.3) is 5.66 Å². The molecule has 4 heteroatoms. The molecule has 1 aliphatic carbocycles. The van der Waals surface area contributed by atoms with Gasteiger partial charge in [-0.15, -0.1) is 0 Å². The van der Waals surface area contributed by atoms with E-state index in [-0.39, 0.29) is 11.6 Å². The number of allylic oxidation sites excluding steroid dienone is 1. The second-order valence-electron chi connectivity index (χ2n) is 3.70. The fraction of sp³-hybridized carbons (Fsp3) is 0.0833. The zero-order chi connectivity index (χ0) is 11.2. The average Bonchev–Trinajstić information content (AvgIpc) is 2.55. The van der Waals surface area contributed by atoms with Gasteiger partial charge in [-0.1, -0.05) is 24.3 Å². The van der Waals surface area contributed by atoms with Crippen molar-refractivity contribution in [1.29, 1.82) is 0 Å². The van der Waals surface area contributed by atoms with Gasteiger partial charge in [0.15, 0.2) is 0 Å². The first-order valence-electron chi connectivity index (χ1n) is 4.92. The average molecular weight is 212 g/mol. The third-order valence-electron chi connectivity index (χ3n) is 2.82. The van der Waals surface area contributed by atoms with Crippen LogP contribution in [0.15, 0.2) is 41.5 Å². The first kappa shape index (κ1) is 9.03. The topological polar surface area (TPSA) is 58.5 Å². The minimum atomic E-state index is -1.45. The van der Waals surface area contributed by atoms with Crippen LogP contribution in [-0.4, -0.2) is 23.4 Å². The largest absolute Gasteiger partial charge is 0.354 e. The molecule has 0 bridgehead atoms. The molecule has 0 saturated heterocycles. The van der Waals surface area contributed by atoms with Crippen LogP contribution in [0.4, 0.5) is 0 Å². The summed E-state index contributed by atoms with van der Waals surface area (Å²) in [5, 5.41) is 2.76.